The maximum atomic E-state index is 13.6. The van der Waals surface area contributed by atoms with E-state index >= 15 is 0 Å². The Balaban J connectivity index is 1.35. The van der Waals surface area contributed by atoms with Gasteiger partial charge in [0.1, 0.15) is 11.9 Å². The van der Waals surface area contributed by atoms with Gasteiger partial charge >= 0.3 is 6.03 Å². The first-order valence-corrected chi connectivity index (χ1v) is 17.7. The molecule has 0 radical (unpaired) electrons. The van der Waals surface area contributed by atoms with Crippen LogP contribution in [-0.4, -0.2) is 83.6 Å². The summed E-state index contributed by atoms with van der Waals surface area (Å²) in [6.07, 6.45) is 7.64. The number of hydrogen-bond donors (Lipinski definition) is 5. The fourth-order valence-corrected chi connectivity index (χ4v) is 6.40. The van der Waals surface area contributed by atoms with Crippen molar-refractivity contribution in [1.82, 2.24) is 15.1 Å². The molecule has 12 nitrogen and oxygen atoms in total. The molecule has 0 bridgehead atoms. The summed E-state index contributed by atoms with van der Waals surface area (Å²) in [6.45, 7) is 4.30. The summed E-state index contributed by atoms with van der Waals surface area (Å²) < 4.78 is 6.55. The highest BCUT2D eigenvalue weighted by molar-refractivity contribution is 5.94. The van der Waals surface area contributed by atoms with E-state index in [9.17, 15) is 24.3 Å². The molecule has 1 saturated carbocycles. The summed E-state index contributed by atoms with van der Waals surface area (Å²) in [5.41, 5.74) is 8.17. The number of nitrogens with one attached hydrogen (secondary N) is 3. The molecular weight excluding hydrogens is 624 g/mol. The number of ether oxygens (including phenoxy) is 1. The lowest BCUT2D eigenvalue weighted by Gasteiger charge is -2.34. The largest absolute Gasteiger partial charge is 0.488 e. The Hall–Kier alpha value is -4.32. The number of unbranched alkanes of at least 4 members (excludes halogenated alkanes) is 2. The molecule has 1 fully saturated rings. The minimum absolute atomic E-state index is 0.0392. The number of aliphatic hydroxyl groups is 1. The molecule has 2 aromatic rings. The molecule has 1 aliphatic heterocycles. The van der Waals surface area contributed by atoms with E-state index in [1.165, 1.54) is 6.42 Å². The lowest BCUT2D eigenvalue weighted by atomic mass is 9.96. The number of rotatable bonds is 13. The lowest BCUT2D eigenvalue weighted by molar-refractivity contribution is -0.134. The Morgan fingerprint density at radius 1 is 1.02 bits per heavy atom. The first-order chi connectivity index (χ1) is 23.5. The number of para-hydroxylation sites is 2. The van der Waals surface area contributed by atoms with E-state index < -0.39 is 12.1 Å². The number of carbonyl (C=O) groups is 4. The summed E-state index contributed by atoms with van der Waals surface area (Å²) in [4.78, 5) is 55.1. The third kappa shape index (κ3) is 11.4. The third-order valence-corrected chi connectivity index (χ3v) is 9.48. The van der Waals surface area contributed by atoms with E-state index in [-0.39, 0.29) is 55.2 Å². The van der Waals surface area contributed by atoms with E-state index in [0.717, 1.165) is 25.7 Å². The van der Waals surface area contributed by atoms with Crippen LogP contribution >= 0.6 is 0 Å². The Labute approximate surface area is 290 Å². The maximum Gasteiger partial charge on any atom is 0.317 e. The van der Waals surface area contributed by atoms with E-state index in [0.29, 0.717) is 67.1 Å². The number of benzene rings is 2. The molecule has 5 amide bonds. The van der Waals surface area contributed by atoms with Gasteiger partial charge in [-0.05, 0) is 62.9 Å². The van der Waals surface area contributed by atoms with Gasteiger partial charge in [0.25, 0.3) is 0 Å². The predicted molar refractivity (Wildman–Crippen MR) is 191 cm³/mol. The van der Waals surface area contributed by atoms with Crippen molar-refractivity contribution in [2.45, 2.75) is 103 Å². The zero-order valence-electron chi connectivity index (χ0n) is 29.2. The molecule has 3 atom stereocenters. The number of amides is 5. The molecule has 49 heavy (non-hydrogen) atoms. The van der Waals surface area contributed by atoms with Crippen LogP contribution in [0.2, 0.25) is 0 Å². The van der Waals surface area contributed by atoms with Crippen molar-refractivity contribution in [1.29, 1.82) is 0 Å². The summed E-state index contributed by atoms with van der Waals surface area (Å²) in [5.74, 6) is -0.0446. The number of fused-ring (bicyclic) bond motifs is 1. The Bertz CT molecular complexity index is 1430. The highest BCUT2D eigenvalue weighted by atomic mass is 16.5. The molecule has 4 rings (SSSR count). The zero-order chi connectivity index (χ0) is 35.3. The quantitative estimate of drug-likeness (QED) is 0.148. The van der Waals surface area contributed by atoms with Crippen LogP contribution in [0.4, 0.5) is 21.9 Å². The van der Waals surface area contributed by atoms with E-state index in [1.54, 1.807) is 47.2 Å². The van der Waals surface area contributed by atoms with Crippen molar-refractivity contribution in [3.63, 3.8) is 0 Å². The first kappa shape index (κ1) is 37.5. The molecule has 1 heterocycles. The van der Waals surface area contributed by atoms with Crippen LogP contribution in [0, 0.1) is 5.92 Å². The molecule has 2 aliphatic rings. The number of urea groups is 1. The molecule has 0 saturated heterocycles. The van der Waals surface area contributed by atoms with E-state index in [1.807, 2.05) is 26.0 Å². The SMILES string of the molecule is C[C@@H]1CN([C@H](C)CO)C(=O)Cc2cc(NC(=O)CCCCCC(=O)Nc3ccccc3N)ccc2O[C@@H]1CN(C)C(=O)NC1CCCCC1. The van der Waals surface area contributed by atoms with Gasteiger partial charge in [0.05, 0.1) is 37.0 Å². The minimum Gasteiger partial charge on any atom is -0.488 e. The predicted octanol–water partition coefficient (Wildman–Crippen LogP) is 4.92. The minimum atomic E-state index is -0.423. The monoisotopic (exact) mass is 678 g/mol. The van der Waals surface area contributed by atoms with Gasteiger partial charge in [0.2, 0.25) is 17.7 Å². The van der Waals surface area contributed by atoms with Crippen molar-refractivity contribution in [3.8, 4) is 5.75 Å². The summed E-state index contributed by atoms with van der Waals surface area (Å²) in [7, 11) is 1.76. The summed E-state index contributed by atoms with van der Waals surface area (Å²) in [5, 5.41) is 18.9. The molecule has 1 aliphatic carbocycles. The van der Waals surface area contributed by atoms with E-state index in [4.69, 9.17) is 10.5 Å². The van der Waals surface area contributed by atoms with Crippen LogP contribution in [-0.2, 0) is 20.8 Å². The van der Waals surface area contributed by atoms with Gasteiger partial charge in [0.15, 0.2) is 0 Å². The van der Waals surface area contributed by atoms with Crippen LogP contribution in [0.1, 0.15) is 83.6 Å². The maximum absolute atomic E-state index is 13.6. The molecule has 268 valence electrons. The van der Waals surface area contributed by atoms with Crippen molar-refractivity contribution < 1.29 is 29.0 Å². The normalized spacial score (nSPS) is 18.9. The molecule has 6 N–H and O–H groups in total. The van der Waals surface area contributed by atoms with Crippen LogP contribution in [0.3, 0.4) is 0 Å². The van der Waals surface area contributed by atoms with Crippen molar-refractivity contribution in [2.24, 2.45) is 5.92 Å². The fraction of sp³-hybridized carbons (Fsp3) is 0.568. The number of carbonyl (C=O) groups excluding carboxylic acids is 4. The number of nitrogens with zero attached hydrogens (tertiary/aromatic N) is 2. The van der Waals surface area contributed by atoms with Crippen molar-refractivity contribution in [2.75, 3.05) is 43.1 Å². The Morgan fingerprint density at radius 2 is 1.71 bits per heavy atom. The van der Waals surface area contributed by atoms with Gasteiger partial charge < -0.3 is 41.3 Å². The highest BCUT2D eigenvalue weighted by Crippen LogP contribution is 2.29. The summed E-state index contributed by atoms with van der Waals surface area (Å²) >= 11 is 0. The van der Waals surface area contributed by atoms with Gasteiger partial charge in [-0.3, -0.25) is 14.4 Å². The van der Waals surface area contributed by atoms with Crippen LogP contribution in [0.25, 0.3) is 0 Å². The second-order valence-electron chi connectivity index (χ2n) is 13.6. The molecule has 2 aromatic carbocycles. The van der Waals surface area contributed by atoms with Gasteiger partial charge in [-0.15, -0.1) is 0 Å². The smallest absolute Gasteiger partial charge is 0.317 e. The van der Waals surface area contributed by atoms with Crippen molar-refractivity contribution >= 4 is 40.8 Å². The Kier molecular flexibility index (Phi) is 14.1. The molecule has 12 heteroatoms. The second-order valence-corrected chi connectivity index (χ2v) is 13.6. The average molecular weight is 679 g/mol. The standard InChI is InChI=1S/C37H54N6O6/c1-25-22-43(26(2)24-44)36(47)21-27-20-29(39-34(45)16-8-5-9-17-35(46)41-31-15-11-10-14-30(31)38)18-19-32(27)49-33(25)23-42(3)37(48)40-28-12-6-4-7-13-28/h10-11,14-15,18-20,25-26,28,33,44H,4-9,12-13,16-17,21-24,38H2,1-3H3,(H,39,45)(H,40,48)(H,41,46)/t25-,26-,33-/m1/s1. The topological polar surface area (TPSA) is 166 Å². The van der Waals surface area contributed by atoms with Crippen LogP contribution < -0.4 is 26.4 Å². The average Bonchev–Trinajstić information content (AvgIpc) is 3.12. The Morgan fingerprint density at radius 3 is 2.41 bits per heavy atom. The molecular formula is C37H54N6O6. The van der Waals surface area contributed by atoms with Gasteiger partial charge in [-0.25, -0.2) is 4.79 Å². The van der Waals surface area contributed by atoms with Crippen molar-refractivity contribution in [3.05, 3.63) is 48.0 Å². The number of hydrogen-bond acceptors (Lipinski definition) is 7. The molecule has 0 unspecified atom stereocenters. The number of nitrogen functional groups attached to an aromatic ring is 1. The highest BCUT2D eigenvalue weighted by Gasteiger charge is 2.32. The van der Waals surface area contributed by atoms with Gasteiger partial charge in [0, 0.05) is 49.6 Å². The number of aliphatic hydroxyl groups excluding tert-OH is 1. The number of likely N-dealkylation sites (N-methyl/N-ethyl adjacent to an activating group) is 1. The zero-order valence-corrected chi connectivity index (χ0v) is 29.2. The molecule has 0 aromatic heterocycles. The van der Waals surface area contributed by atoms with E-state index in [2.05, 4.69) is 16.0 Å². The third-order valence-electron chi connectivity index (χ3n) is 9.48. The van der Waals surface area contributed by atoms with Gasteiger partial charge in [-0.1, -0.05) is 44.7 Å². The first-order valence-electron chi connectivity index (χ1n) is 17.7. The molecule has 0 spiro atoms. The number of anilines is 3. The second kappa shape index (κ2) is 18.4. The lowest BCUT2D eigenvalue weighted by Crippen LogP contribution is -2.50. The van der Waals surface area contributed by atoms with Crippen LogP contribution in [0.15, 0.2) is 42.5 Å². The fourth-order valence-electron chi connectivity index (χ4n) is 6.40. The van der Waals surface area contributed by atoms with Crippen LogP contribution in [0.5, 0.6) is 5.75 Å². The summed E-state index contributed by atoms with van der Waals surface area (Å²) in [6, 6.07) is 12.0. The number of nitrogens with two attached hydrogens (primary N) is 1. The van der Waals surface area contributed by atoms with Gasteiger partial charge in [-0.2, -0.15) is 0 Å².